The molecule has 7 heteroatoms. The van der Waals surface area contributed by atoms with Crippen LogP contribution < -0.4 is 5.32 Å². The van der Waals surface area contributed by atoms with Gasteiger partial charge >= 0.3 is 0 Å². The van der Waals surface area contributed by atoms with E-state index in [4.69, 9.17) is 4.42 Å². The van der Waals surface area contributed by atoms with Crippen LogP contribution in [-0.4, -0.2) is 42.0 Å². The van der Waals surface area contributed by atoms with Crippen molar-refractivity contribution in [2.75, 3.05) is 26.2 Å². The highest BCUT2D eigenvalue weighted by Crippen LogP contribution is 2.22. The molecule has 1 saturated heterocycles. The van der Waals surface area contributed by atoms with Gasteiger partial charge in [0, 0.05) is 13.1 Å². The number of hydrogen-bond donors (Lipinski definition) is 1. The summed E-state index contributed by atoms with van der Waals surface area (Å²) >= 11 is 0. The normalized spacial score (nSPS) is 14.5. The van der Waals surface area contributed by atoms with Crippen LogP contribution >= 0.6 is 24.8 Å². The van der Waals surface area contributed by atoms with Crippen LogP contribution in [0.5, 0.6) is 0 Å². The number of halogens is 2. The molecular weight excluding hydrogens is 373 g/mol. The molecule has 1 aliphatic rings. The molecule has 5 nitrogen and oxygen atoms in total. The Morgan fingerprint density at radius 2 is 2.00 bits per heavy atom. The average molecular weight is 400 g/mol. The molecule has 1 aliphatic heterocycles. The highest BCUT2D eigenvalue weighted by Gasteiger charge is 2.24. The van der Waals surface area contributed by atoms with Gasteiger partial charge in [0.15, 0.2) is 5.76 Å². The van der Waals surface area contributed by atoms with Crippen LogP contribution in [0.2, 0.25) is 0 Å². The summed E-state index contributed by atoms with van der Waals surface area (Å²) in [5, 5.41) is 3.40. The van der Waals surface area contributed by atoms with E-state index in [9.17, 15) is 4.79 Å². The van der Waals surface area contributed by atoms with Gasteiger partial charge in [-0.3, -0.25) is 4.79 Å². The molecule has 0 bridgehead atoms. The molecule has 1 N–H and O–H groups in total. The molecule has 0 unspecified atom stereocenters. The zero-order chi connectivity index (χ0) is 16.9. The predicted octanol–water partition coefficient (Wildman–Crippen LogP) is 3.96. The molecule has 3 rings (SSSR count). The number of carbonyl (C=O) groups is 1. The first-order chi connectivity index (χ1) is 11.7. The minimum absolute atomic E-state index is 0. The highest BCUT2D eigenvalue weighted by atomic mass is 35.5. The monoisotopic (exact) mass is 399 g/mol. The maximum absolute atomic E-state index is 12.8. The maximum Gasteiger partial charge on any atom is 0.255 e. The summed E-state index contributed by atoms with van der Waals surface area (Å²) in [5.41, 5.74) is 2.21. The second-order valence-electron chi connectivity index (χ2n) is 6.35. The molecular formula is C19H27Cl2N3O2. The molecule has 0 aromatic carbocycles. The Hall–Kier alpha value is -1.56. The number of likely N-dealkylation sites (tertiary alicyclic amines) is 1. The number of pyridine rings is 1. The van der Waals surface area contributed by atoms with Gasteiger partial charge in [0.25, 0.3) is 5.91 Å². The van der Waals surface area contributed by atoms with Crippen LogP contribution in [0, 0.1) is 12.8 Å². The molecule has 0 saturated carbocycles. The predicted molar refractivity (Wildman–Crippen MR) is 108 cm³/mol. The number of aromatic nitrogens is 1. The van der Waals surface area contributed by atoms with Gasteiger partial charge in [-0.15, -0.1) is 24.8 Å². The molecule has 144 valence electrons. The zero-order valence-corrected chi connectivity index (χ0v) is 16.9. The third-order valence-corrected chi connectivity index (χ3v) is 4.67. The van der Waals surface area contributed by atoms with Crippen LogP contribution in [0.3, 0.4) is 0 Å². The molecule has 2 aromatic heterocycles. The minimum atomic E-state index is 0. The van der Waals surface area contributed by atoms with Crippen LogP contribution in [-0.2, 0) is 0 Å². The van der Waals surface area contributed by atoms with E-state index < -0.39 is 0 Å². The molecule has 1 fully saturated rings. The van der Waals surface area contributed by atoms with E-state index in [1.54, 1.807) is 6.26 Å². The van der Waals surface area contributed by atoms with Gasteiger partial charge < -0.3 is 14.6 Å². The first kappa shape index (κ1) is 22.5. The fourth-order valence-corrected chi connectivity index (χ4v) is 3.21. The second-order valence-corrected chi connectivity index (χ2v) is 6.35. The number of rotatable bonds is 5. The third kappa shape index (κ3) is 5.22. The Bertz CT molecular complexity index is 684. The molecule has 0 spiro atoms. The summed E-state index contributed by atoms with van der Waals surface area (Å²) in [7, 11) is 0. The van der Waals surface area contributed by atoms with Crippen LogP contribution in [0.25, 0.3) is 11.5 Å². The van der Waals surface area contributed by atoms with E-state index in [-0.39, 0.29) is 30.7 Å². The lowest BCUT2D eigenvalue weighted by molar-refractivity contribution is 0.0689. The largest absolute Gasteiger partial charge is 0.463 e. The van der Waals surface area contributed by atoms with E-state index >= 15 is 0 Å². The molecule has 0 aliphatic carbocycles. The Kier molecular flexibility index (Phi) is 9.13. The molecule has 0 atom stereocenters. The number of nitrogens with zero attached hydrogens (tertiary/aromatic N) is 2. The third-order valence-electron chi connectivity index (χ3n) is 4.67. The highest BCUT2D eigenvalue weighted by molar-refractivity contribution is 5.95. The number of amides is 1. The summed E-state index contributed by atoms with van der Waals surface area (Å²) in [6, 6.07) is 7.44. The zero-order valence-electron chi connectivity index (χ0n) is 15.2. The smallest absolute Gasteiger partial charge is 0.255 e. The van der Waals surface area contributed by atoms with Gasteiger partial charge in [0.1, 0.15) is 5.69 Å². The van der Waals surface area contributed by atoms with Crippen molar-refractivity contribution >= 4 is 30.7 Å². The standard InChI is InChI=1S/C19H25N3O2.2ClH/c1-3-20-13-15-8-10-22(11-9-15)19(23)16-6-7-17(21-14(16)2)18-5-4-12-24-18;;/h4-7,12,15,20H,3,8-11,13H2,1-2H3;2*1H. The summed E-state index contributed by atoms with van der Waals surface area (Å²) in [5.74, 6) is 1.49. The van der Waals surface area contributed by atoms with Crippen LogP contribution in [0.15, 0.2) is 34.9 Å². The quantitative estimate of drug-likeness (QED) is 0.826. The Morgan fingerprint density at radius 3 is 2.58 bits per heavy atom. The van der Waals surface area contributed by atoms with Crippen LogP contribution in [0.4, 0.5) is 0 Å². The van der Waals surface area contributed by atoms with Gasteiger partial charge in [-0.25, -0.2) is 4.98 Å². The van der Waals surface area contributed by atoms with Gasteiger partial charge in [0.05, 0.1) is 17.5 Å². The Morgan fingerprint density at radius 1 is 1.27 bits per heavy atom. The van der Waals surface area contributed by atoms with Crippen molar-refractivity contribution in [2.45, 2.75) is 26.7 Å². The first-order valence-corrected chi connectivity index (χ1v) is 8.70. The fraction of sp³-hybridized carbons (Fsp3) is 0.474. The summed E-state index contributed by atoms with van der Waals surface area (Å²) in [6.07, 6.45) is 3.76. The molecule has 1 amide bonds. The number of hydrogen-bond acceptors (Lipinski definition) is 4. The van der Waals surface area contributed by atoms with E-state index in [0.29, 0.717) is 11.5 Å². The van der Waals surface area contributed by atoms with Crippen molar-refractivity contribution in [1.29, 1.82) is 0 Å². The van der Waals surface area contributed by atoms with Gasteiger partial charge in [-0.2, -0.15) is 0 Å². The lowest BCUT2D eigenvalue weighted by Crippen LogP contribution is -2.41. The maximum atomic E-state index is 12.8. The van der Waals surface area contributed by atoms with E-state index in [0.717, 1.165) is 56.2 Å². The Labute approximate surface area is 167 Å². The number of aryl methyl sites for hydroxylation is 1. The molecule has 2 aromatic rings. The van der Waals surface area contributed by atoms with Crippen LogP contribution in [0.1, 0.15) is 35.8 Å². The lowest BCUT2D eigenvalue weighted by atomic mass is 9.96. The summed E-state index contributed by atoms with van der Waals surface area (Å²) < 4.78 is 5.37. The molecule has 26 heavy (non-hydrogen) atoms. The van der Waals surface area contributed by atoms with Crippen molar-refractivity contribution < 1.29 is 9.21 Å². The summed E-state index contributed by atoms with van der Waals surface area (Å²) in [4.78, 5) is 19.3. The average Bonchev–Trinajstić information content (AvgIpc) is 3.14. The number of furan rings is 1. The van der Waals surface area contributed by atoms with Gasteiger partial charge in [-0.1, -0.05) is 6.92 Å². The number of piperidine rings is 1. The molecule has 3 heterocycles. The van der Waals surface area contributed by atoms with Gasteiger partial charge in [-0.05, 0) is 63.0 Å². The van der Waals surface area contributed by atoms with Crippen molar-refractivity contribution in [3.05, 3.63) is 41.8 Å². The molecule has 0 radical (unpaired) electrons. The van der Waals surface area contributed by atoms with Crippen molar-refractivity contribution in [1.82, 2.24) is 15.2 Å². The van der Waals surface area contributed by atoms with Crippen molar-refractivity contribution in [2.24, 2.45) is 5.92 Å². The second kappa shape index (κ2) is 10.6. The minimum Gasteiger partial charge on any atom is -0.463 e. The topological polar surface area (TPSA) is 58.4 Å². The Balaban J connectivity index is 0.00000169. The number of nitrogens with one attached hydrogen (secondary N) is 1. The number of carbonyl (C=O) groups excluding carboxylic acids is 1. The van der Waals surface area contributed by atoms with Crippen molar-refractivity contribution in [3.8, 4) is 11.5 Å². The lowest BCUT2D eigenvalue weighted by Gasteiger charge is -2.32. The first-order valence-electron chi connectivity index (χ1n) is 8.70. The fourth-order valence-electron chi connectivity index (χ4n) is 3.21. The SMILES string of the molecule is CCNCC1CCN(C(=O)c2ccc(-c3ccco3)nc2C)CC1.Cl.Cl. The summed E-state index contributed by atoms with van der Waals surface area (Å²) in [6.45, 7) is 7.73. The van der Waals surface area contributed by atoms with Gasteiger partial charge in [0.2, 0.25) is 0 Å². The van der Waals surface area contributed by atoms with E-state index in [1.807, 2.05) is 36.1 Å². The van der Waals surface area contributed by atoms with Crippen molar-refractivity contribution in [3.63, 3.8) is 0 Å². The van der Waals surface area contributed by atoms with E-state index in [2.05, 4.69) is 17.2 Å². The van der Waals surface area contributed by atoms with E-state index in [1.165, 1.54) is 0 Å².